The summed E-state index contributed by atoms with van der Waals surface area (Å²) in [5, 5.41) is 3.07. The molecule has 0 aliphatic carbocycles. The van der Waals surface area contributed by atoms with Crippen molar-refractivity contribution >= 4 is 34.2 Å². The van der Waals surface area contributed by atoms with E-state index in [4.69, 9.17) is 14.2 Å². The lowest BCUT2D eigenvalue weighted by molar-refractivity contribution is -0.146. The van der Waals surface area contributed by atoms with Gasteiger partial charge in [0.15, 0.2) is 6.61 Å². The van der Waals surface area contributed by atoms with E-state index in [1.165, 1.54) is 18.4 Å². The second-order valence-electron chi connectivity index (χ2n) is 6.11. The number of nitrogens with one attached hydrogen (secondary N) is 1. The minimum atomic E-state index is -0.549. The van der Waals surface area contributed by atoms with Crippen LogP contribution in [-0.4, -0.2) is 38.2 Å². The number of carbonyl (C=O) groups is 3. The van der Waals surface area contributed by atoms with Crippen LogP contribution in [0.25, 0.3) is 0 Å². The Bertz CT molecular complexity index is 889. The molecule has 0 saturated carbocycles. The smallest absolute Gasteiger partial charge is 0.341 e. The molecule has 0 fully saturated rings. The summed E-state index contributed by atoms with van der Waals surface area (Å²) in [5.74, 6) is -0.967. The van der Waals surface area contributed by atoms with Gasteiger partial charge >= 0.3 is 11.9 Å². The van der Waals surface area contributed by atoms with Gasteiger partial charge in [0.05, 0.1) is 25.7 Å². The molecule has 156 valence electrons. The van der Waals surface area contributed by atoms with Gasteiger partial charge in [-0.05, 0) is 31.9 Å². The standard InChI is InChI=1S/C21H25NO6S/c1-5-15-13(3)29-20(19(15)21(25)27-6-2)22-17(23)12-28-18(24)11-14-9-7-8-10-16(14)26-4/h7-10H,5-6,11-12H2,1-4H3,(H,22,23). The van der Waals surface area contributed by atoms with Crippen LogP contribution in [-0.2, 0) is 31.9 Å². The fraction of sp³-hybridized carbons (Fsp3) is 0.381. The molecule has 0 radical (unpaired) electrons. The van der Waals surface area contributed by atoms with Gasteiger partial charge in [-0.25, -0.2) is 4.79 Å². The van der Waals surface area contributed by atoms with E-state index in [0.717, 1.165) is 10.4 Å². The van der Waals surface area contributed by atoms with Crippen LogP contribution in [0.15, 0.2) is 24.3 Å². The van der Waals surface area contributed by atoms with E-state index in [2.05, 4.69) is 5.32 Å². The Labute approximate surface area is 174 Å². The first-order valence-corrected chi connectivity index (χ1v) is 10.1. The number of esters is 2. The predicted octanol–water partition coefficient (Wildman–Crippen LogP) is 3.53. The number of thiophene rings is 1. The van der Waals surface area contributed by atoms with E-state index in [1.54, 1.807) is 31.2 Å². The molecule has 1 N–H and O–H groups in total. The molecular formula is C21H25NO6S. The van der Waals surface area contributed by atoms with Crippen LogP contribution in [0, 0.1) is 6.92 Å². The number of carbonyl (C=O) groups excluding carboxylic acids is 3. The number of methoxy groups -OCH3 is 1. The second-order valence-corrected chi connectivity index (χ2v) is 7.34. The molecule has 0 bridgehead atoms. The van der Waals surface area contributed by atoms with E-state index >= 15 is 0 Å². The van der Waals surface area contributed by atoms with E-state index < -0.39 is 24.5 Å². The van der Waals surface area contributed by atoms with Gasteiger partial charge < -0.3 is 19.5 Å². The third kappa shape index (κ3) is 5.80. The highest BCUT2D eigenvalue weighted by Gasteiger charge is 2.23. The first-order chi connectivity index (χ1) is 13.9. The normalized spacial score (nSPS) is 10.3. The largest absolute Gasteiger partial charge is 0.496 e. The first-order valence-electron chi connectivity index (χ1n) is 9.27. The Morgan fingerprint density at radius 2 is 1.83 bits per heavy atom. The molecule has 29 heavy (non-hydrogen) atoms. The van der Waals surface area contributed by atoms with E-state index in [9.17, 15) is 14.4 Å². The second kappa shape index (κ2) is 10.6. The van der Waals surface area contributed by atoms with Crippen LogP contribution in [0.1, 0.15) is 40.2 Å². The van der Waals surface area contributed by atoms with Crippen LogP contribution in [0.5, 0.6) is 5.75 Å². The molecule has 1 amide bonds. The average molecular weight is 419 g/mol. The van der Waals surface area contributed by atoms with Gasteiger partial charge in [0.25, 0.3) is 5.91 Å². The number of para-hydroxylation sites is 1. The van der Waals surface area contributed by atoms with Gasteiger partial charge in [0.1, 0.15) is 10.8 Å². The highest BCUT2D eigenvalue weighted by molar-refractivity contribution is 7.16. The fourth-order valence-corrected chi connectivity index (χ4v) is 4.03. The van der Waals surface area contributed by atoms with Crippen molar-refractivity contribution in [1.82, 2.24) is 0 Å². The Balaban J connectivity index is 2.00. The quantitative estimate of drug-likeness (QED) is 0.626. The maximum atomic E-state index is 12.3. The number of rotatable bonds is 9. The van der Waals surface area contributed by atoms with Gasteiger partial charge in [-0.2, -0.15) is 0 Å². The molecule has 0 aliphatic heterocycles. The molecule has 0 saturated heterocycles. The lowest BCUT2D eigenvalue weighted by Crippen LogP contribution is -2.22. The maximum absolute atomic E-state index is 12.3. The number of benzene rings is 1. The SMILES string of the molecule is CCOC(=O)c1c(NC(=O)COC(=O)Cc2ccccc2OC)sc(C)c1CC. The summed E-state index contributed by atoms with van der Waals surface area (Å²) in [6.45, 7) is 5.33. The lowest BCUT2D eigenvalue weighted by atomic mass is 10.1. The van der Waals surface area contributed by atoms with Gasteiger partial charge in [-0.3, -0.25) is 9.59 Å². The third-order valence-corrected chi connectivity index (χ3v) is 5.25. The Kier molecular flexibility index (Phi) is 8.21. The third-order valence-electron chi connectivity index (χ3n) is 4.19. The Morgan fingerprint density at radius 1 is 1.10 bits per heavy atom. The van der Waals surface area contributed by atoms with E-state index in [1.807, 2.05) is 13.8 Å². The fourth-order valence-electron chi connectivity index (χ4n) is 2.88. The lowest BCUT2D eigenvalue weighted by Gasteiger charge is -2.09. The molecule has 1 aromatic carbocycles. The highest BCUT2D eigenvalue weighted by atomic mass is 32.1. The number of hydrogen-bond acceptors (Lipinski definition) is 7. The topological polar surface area (TPSA) is 90.9 Å². The summed E-state index contributed by atoms with van der Waals surface area (Å²) in [6.07, 6.45) is 0.629. The van der Waals surface area contributed by atoms with Crippen LogP contribution < -0.4 is 10.1 Å². The number of anilines is 1. The van der Waals surface area contributed by atoms with E-state index in [-0.39, 0.29) is 13.0 Å². The van der Waals surface area contributed by atoms with Gasteiger partial charge in [-0.15, -0.1) is 11.3 Å². The van der Waals surface area contributed by atoms with E-state index in [0.29, 0.717) is 28.3 Å². The minimum absolute atomic E-state index is 0.0105. The zero-order valence-corrected chi connectivity index (χ0v) is 17.8. The molecule has 0 unspecified atom stereocenters. The van der Waals surface area contributed by atoms with Crippen molar-refractivity contribution in [3.8, 4) is 5.75 Å². The summed E-state index contributed by atoms with van der Waals surface area (Å²) >= 11 is 1.30. The molecule has 2 aromatic rings. The first kappa shape index (κ1) is 22.4. The molecule has 1 heterocycles. The average Bonchev–Trinajstić information content (AvgIpc) is 3.01. The number of amides is 1. The number of ether oxygens (including phenoxy) is 3. The van der Waals surface area contributed by atoms with Crippen molar-refractivity contribution in [2.75, 3.05) is 25.6 Å². The highest BCUT2D eigenvalue weighted by Crippen LogP contribution is 2.34. The molecule has 8 heteroatoms. The van der Waals surface area contributed by atoms with Crippen LogP contribution in [0.2, 0.25) is 0 Å². The van der Waals surface area contributed by atoms with Crippen LogP contribution >= 0.6 is 11.3 Å². The van der Waals surface area contributed by atoms with Gasteiger partial charge in [0, 0.05) is 10.4 Å². The van der Waals surface area contributed by atoms with Gasteiger partial charge in [-0.1, -0.05) is 25.1 Å². The maximum Gasteiger partial charge on any atom is 0.341 e. The van der Waals surface area contributed by atoms with Crippen molar-refractivity contribution in [3.63, 3.8) is 0 Å². The molecule has 7 nitrogen and oxygen atoms in total. The zero-order valence-electron chi connectivity index (χ0n) is 17.0. The summed E-state index contributed by atoms with van der Waals surface area (Å²) in [7, 11) is 1.52. The summed E-state index contributed by atoms with van der Waals surface area (Å²) in [4.78, 5) is 37.6. The molecule has 0 aliphatic rings. The molecule has 0 spiro atoms. The van der Waals surface area contributed by atoms with Crippen molar-refractivity contribution in [2.45, 2.75) is 33.6 Å². The van der Waals surface area contributed by atoms with Crippen molar-refractivity contribution in [1.29, 1.82) is 0 Å². The number of hydrogen-bond donors (Lipinski definition) is 1. The monoisotopic (exact) mass is 419 g/mol. The molecular weight excluding hydrogens is 394 g/mol. The Morgan fingerprint density at radius 3 is 2.48 bits per heavy atom. The predicted molar refractivity (Wildman–Crippen MR) is 111 cm³/mol. The van der Waals surface area contributed by atoms with Crippen molar-refractivity contribution in [3.05, 3.63) is 45.8 Å². The number of aryl methyl sites for hydroxylation is 1. The summed E-state index contributed by atoms with van der Waals surface area (Å²) < 4.78 is 15.4. The van der Waals surface area contributed by atoms with Crippen LogP contribution in [0.4, 0.5) is 5.00 Å². The summed E-state index contributed by atoms with van der Waals surface area (Å²) in [5.41, 5.74) is 1.88. The summed E-state index contributed by atoms with van der Waals surface area (Å²) in [6, 6.07) is 7.10. The molecule has 2 rings (SSSR count). The van der Waals surface area contributed by atoms with Crippen molar-refractivity contribution in [2.24, 2.45) is 0 Å². The Hall–Kier alpha value is -2.87. The van der Waals surface area contributed by atoms with Gasteiger partial charge in [0.2, 0.25) is 0 Å². The molecule has 1 aromatic heterocycles. The van der Waals surface area contributed by atoms with Crippen molar-refractivity contribution < 1.29 is 28.6 Å². The molecule has 0 atom stereocenters. The minimum Gasteiger partial charge on any atom is -0.496 e. The van der Waals surface area contributed by atoms with Crippen LogP contribution in [0.3, 0.4) is 0 Å². The zero-order chi connectivity index (χ0) is 21.4.